The standard InChI is InChI=1S/C15H29N5/c1-15(2,3)13(6-7-16)5-4-8-19-9-10-20-12-17-18-14(20)11-19/h12-13H,4-11,16H2,1-3H3. The number of fused-ring (bicyclic) bond motifs is 1. The smallest absolute Gasteiger partial charge is 0.147 e. The van der Waals surface area contributed by atoms with E-state index in [1.807, 2.05) is 6.33 Å². The van der Waals surface area contributed by atoms with Gasteiger partial charge in [0.15, 0.2) is 0 Å². The molecule has 5 nitrogen and oxygen atoms in total. The van der Waals surface area contributed by atoms with Gasteiger partial charge in [0.05, 0.1) is 6.54 Å². The molecule has 0 bridgehead atoms. The maximum absolute atomic E-state index is 5.75. The van der Waals surface area contributed by atoms with E-state index >= 15 is 0 Å². The zero-order chi connectivity index (χ0) is 14.6. The lowest BCUT2D eigenvalue weighted by Gasteiger charge is -2.32. The molecule has 114 valence electrons. The average Bonchev–Trinajstić information content (AvgIpc) is 2.84. The monoisotopic (exact) mass is 279 g/mol. The summed E-state index contributed by atoms with van der Waals surface area (Å²) >= 11 is 0. The van der Waals surface area contributed by atoms with Crippen LogP contribution in [0, 0.1) is 11.3 Å². The van der Waals surface area contributed by atoms with Crippen LogP contribution in [0.3, 0.4) is 0 Å². The molecular formula is C15H29N5. The van der Waals surface area contributed by atoms with Crippen molar-refractivity contribution in [2.75, 3.05) is 19.6 Å². The van der Waals surface area contributed by atoms with Crippen molar-refractivity contribution >= 4 is 0 Å². The molecule has 1 aliphatic rings. The van der Waals surface area contributed by atoms with Crippen LogP contribution in [0.1, 0.15) is 45.9 Å². The van der Waals surface area contributed by atoms with E-state index in [1.54, 1.807) is 0 Å². The molecule has 0 fully saturated rings. The maximum atomic E-state index is 5.75. The molecule has 20 heavy (non-hydrogen) atoms. The Morgan fingerprint density at radius 3 is 2.80 bits per heavy atom. The van der Waals surface area contributed by atoms with Crippen LogP contribution in [-0.4, -0.2) is 39.3 Å². The third-order valence-corrected chi connectivity index (χ3v) is 4.48. The number of aromatic nitrogens is 3. The molecular weight excluding hydrogens is 250 g/mol. The highest BCUT2D eigenvalue weighted by Crippen LogP contribution is 2.32. The largest absolute Gasteiger partial charge is 0.330 e. The van der Waals surface area contributed by atoms with Crippen molar-refractivity contribution in [3.63, 3.8) is 0 Å². The number of nitrogens with two attached hydrogens (primary N) is 1. The highest BCUT2D eigenvalue weighted by atomic mass is 15.3. The zero-order valence-electron chi connectivity index (χ0n) is 13.2. The first-order valence-corrected chi connectivity index (χ1v) is 7.80. The number of nitrogens with zero attached hydrogens (tertiary/aromatic N) is 4. The van der Waals surface area contributed by atoms with Gasteiger partial charge in [-0.2, -0.15) is 0 Å². The Morgan fingerprint density at radius 1 is 1.30 bits per heavy atom. The zero-order valence-corrected chi connectivity index (χ0v) is 13.2. The summed E-state index contributed by atoms with van der Waals surface area (Å²) < 4.78 is 2.16. The van der Waals surface area contributed by atoms with Gasteiger partial charge in [0.2, 0.25) is 0 Å². The molecule has 5 heteroatoms. The van der Waals surface area contributed by atoms with E-state index in [2.05, 4.69) is 40.4 Å². The minimum absolute atomic E-state index is 0.363. The van der Waals surface area contributed by atoms with Crippen LogP contribution in [-0.2, 0) is 13.1 Å². The second kappa shape index (κ2) is 6.68. The molecule has 0 aliphatic carbocycles. The van der Waals surface area contributed by atoms with Crippen LogP contribution in [0.15, 0.2) is 6.33 Å². The fraction of sp³-hybridized carbons (Fsp3) is 0.867. The van der Waals surface area contributed by atoms with Gasteiger partial charge in [-0.3, -0.25) is 4.90 Å². The quantitative estimate of drug-likeness (QED) is 0.864. The lowest BCUT2D eigenvalue weighted by molar-refractivity contribution is 0.177. The number of hydrogen-bond acceptors (Lipinski definition) is 4. The molecule has 1 atom stereocenters. The van der Waals surface area contributed by atoms with E-state index in [0.29, 0.717) is 5.41 Å². The summed E-state index contributed by atoms with van der Waals surface area (Å²) in [4.78, 5) is 2.49. The molecule has 2 N–H and O–H groups in total. The topological polar surface area (TPSA) is 60.0 Å². The van der Waals surface area contributed by atoms with Crippen molar-refractivity contribution < 1.29 is 0 Å². The van der Waals surface area contributed by atoms with Crippen molar-refractivity contribution in [3.8, 4) is 0 Å². The van der Waals surface area contributed by atoms with Crippen LogP contribution in [0.5, 0.6) is 0 Å². The van der Waals surface area contributed by atoms with Crippen molar-refractivity contribution in [2.45, 2.75) is 53.1 Å². The van der Waals surface area contributed by atoms with Crippen LogP contribution >= 0.6 is 0 Å². The Hall–Kier alpha value is -0.940. The SMILES string of the molecule is CC(C)(C)C(CCN)CCCN1CCn2cnnc2C1. The minimum Gasteiger partial charge on any atom is -0.330 e. The summed E-state index contributed by atoms with van der Waals surface area (Å²) in [5.74, 6) is 1.83. The van der Waals surface area contributed by atoms with E-state index in [4.69, 9.17) is 5.73 Å². The summed E-state index contributed by atoms with van der Waals surface area (Å²) in [5, 5.41) is 8.15. The summed E-state index contributed by atoms with van der Waals surface area (Å²) in [7, 11) is 0. The van der Waals surface area contributed by atoms with Crippen LogP contribution in [0.2, 0.25) is 0 Å². The fourth-order valence-corrected chi connectivity index (χ4v) is 3.08. The van der Waals surface area contributed by atoms with Gasteiger partial charge in [-0.15, -0.1) is 10.2 Å². The number of hydrogen-bond donors (Lipinski definition) is 1. The molecule has 0 saturated carbocycles. The predicted octanol–water partition coefficient (Wildman–Crippen LogP) is 1.88. The van der Waals surface area contributed by atoms with Crippen LogP contribution < -0.4 is 5.73 Å². The highest BCUT2D eigenvalue weighted by Gasteiger charge is 2.24. The fourth-order valence-electron chi connectivity index (χ4n) is 3.08. The molecule has 0 radical (unpaired) electrons. The van der Waals surface area contributed by atoms with E-state index in [9.17, 15) is 0 Å². The lowest BCUT2D eigenvalue weighted by Crippen LogP contribution is -2.34. The van der Waals surface area contributed by atoms with E-state index in [1.165, 1.54) is 12.8 Å². The van der Waals surface area contributed by atoms with Crippen LogP contribution in [0.25, 0.3) is 0 Å². The van der Waals surface area contributed by atoms with Crippen molar-refractivity contribution in [1.82, 2.24) is 19.7 Å². The molecule has 1 aromatic heterocycles. The molecule has 0 saturated heterocycles. The third kappa shape index (κ3) is 4.03. The summed E-state index contributed by atoms with van der Waals surface area (Å²) in [6.07, 6.45) is 5.49. The second-order valence-electron chi connectivity index (χ2n) is 7.00. The first-order valence-electron chi connectivity index (χ1n) is 7.80. The van der Waals surface area contributed by atoms with Gasteiger partial charge >= 0.3 is 0 Å². The first-order chi connectivity index (χ1) is 9.50. The third-order valence-electron chi connectivity index (χ3n) is 4.48. The Labute approximate surface area is 122 Å². The van der Waals surface area contributed by atoms with Gasteiger partial charge in [0.1, 0.15) is 12.2 Å². The van der Waals surface area contributed by atoms with Crippen molar-refractivity contribution in [2.24, 2.45) is 17.1 Å². The predicted molar refractivity (Wildman–Crippen MR) is 81.1 cm³/mol. The molecule has 2 heterocycles. The van der Waals surface area contributed by atoms with Gasteiger partial charge in [0.25, 0.3) is 0 Å². The number of rotatable bonds is 6. The maximum Gasteiger partial charge on any atom is 0.147 e. The minimum atomic E-state index is 0.363. The molecule has 1 aliphatic heterocycles. The normalized spacial score (nSPS) is 18.0. The van der Waals surface area contributed by atoms with Gasteiger partial charge in [-0.05, 0) is 43.7 Å². The lowest BCUT2D eigenvalue weighted by atomic mass is 9.76. The Bertz CT molecular complexity index is 407. The van der Waals surface area contributed by atoms with E-state index in [0.717, 1.165) is 50.9 Å². The Kier molecular flexibility index (Phi) is 5.16. The molecule has 0 aromatic carbocycles. The van der Waals surface area contributed by atoms with Crippen molar-refractivity contribution in [3.05, 3.63) is 12.2 Å². The van der Waals surface area contributed by atoms with E-state index < -0.39 is 0 Å². The van der Waals surface area contributed by atoms with Crippen molar-refractivity contribution in [1.29, 1.82) is 0 Å². The Morgan fingerprint density at radius 2 is 2.10 bits per heavy atom. The Balaban J connectivity index is 1.76. The second-order valence-corrected chi connectivity index (χ2v) is 7.00. The molecule has 0 amide bonds. The van der Waals surface area contributed by atoms with Gasteiger partial charge in [0, 0.05) is 13.1 Å². The summed E-state index contributed by atoms with van der Waals surface area (Å²) in [5.41, 5.74) is 6.12. The van der Waals surface area contributed by atoms with Gasteiger partial charge < -0.3 is 10.3 Å². The van der Waals surface area contributed by atoms with Gasteiger partial charge in [-0.1, -0.05) is 20.8 Å². The highest BCUT2D eigenvalue weighted by molar-refractivity contribution is 4.89. The summed E-state index contributed by atoms with van der Waals surface area (Å²) in [6, 6.07) is 0. The average molecular weight is 279 g/mol. The summed E-state index contributed by atoms with van der Waals surface area (Å²) in [6.45, 7) is 12.0. The van der Waals surface area contributed by atoms with E-state index in [-0.39, 0.29) is 0 Å². The molecule has 2 rings (SSSR count). The van der Waals surface area contributed by atoms with Gasteiger partial charge in [-0.25, -0.2) is 0 Å². The van der Waals surface area contributed by atoms with Crippen LogP contribution in [0.4, 0.5) is 0 Å². The first kappa shape index (κ1) is 15.4. The molecule has 1 unspecified atom stereocenters. The molecule has 0 spiro atoms. The molecule has 1 aromatic rings.